The van der Waals surface area contributed by atoms with Gasteiger partial charge in [-0.25, -0.2) is 8.42 Å². The van der Waals surface area contributed by atoms with E-state index in [4.69, 9.17) is 23.2 Å². The van der Waals surface area contributed by atoms with Crippen LogP contribution in [-0.2, 0) is 29.3 Å². The smallest absolute Gasteiger partial charge is 0.348 e. The highest BCUT2D eigenvalue weighted by Crippen LogP contribution is 2.30. The Labute approximate surface area is 205 Å². The minimum Gasteiger partial charge on any atom is -0.348 e. The van der Waals surface area contributed by atoms with Crippen LogP contribution in [0.25, 0.3) is 0 Å². The first-order chi connectivity index (χ1) is 15.9. The Hall–Kier alpha value is -2.75. The van der Waals surface area contributed by atoms with E-state index in [1.165, 1.54) is 36.4 Å². The van der Waals surface area contributed by atoms with Crippen molar-refractivity contribution in [2.45, 2.75) is 19.3 Å². The van der Waals surface area contributed by atoms with E-state index in [9.17, 15) is 26.4 Å². The molecule has 0 saturated carbocycles. The quantitative estimate of drug-likeness (QED) is 0.413. The number of anilines is 1. The molecule has 0 aliphatic rings. The van der Waals surface area contributed by atoms with Crippen LogP contribution in [0.5, 0.6) is 0 Å². The highest BCUT2D eigenvalue weighted by Gasteiger charge is 2.30. The van der Waals surface area contributed by atoms with Crippen molar-refractivity contribution >= 4 is 44.8 Å². The number of carbonyl (C=O) groups is 1. The SMILES string of the molecule is CS(=O)(=O)N(Cc1c(Cl)cccc1Cl)c1ccc(C(=O)NCc2cccc(C(F)(F)F)c2)cc1. The number of hydrogen-bond acceptors (Lipinski definition) is 3. The lowest BCUT2D eigenvalue weighted by molar-refractivity contribution is -0.137. The Bertz CT molecular complexity index is 1280. The molecule has 3 rings (SSSR count). The predicted molar refractivity (Wildman–Crippen MR) is 127 cm³/mol. The molecule has 11 heteroatoms. The van der Waals surface area contributed by atoms with E-state index in [0.29, 0.717) is 21.2 Å². The summed E-state index contributed by atoms with van der Waals surface area (Å²) in [5.74, 6) is -0.524. The molecule has 0 aromatic heterocycles. The molecule has 0 heterocycles. The van der Waals surface area contributed by atoms with Gasteiger partial charge in [-0.3, -0.25) is 9.10 Å². The number of nitrogens with zero attached hydrogens (tertiary/aromatic N) is 1. The van der Waals surface area contributed by atoms with Crippen LogP contribution in [0.4, 0.5) is 18.9 Å². The van der Waals surface area contributed by atoms with Crippen LogP contribution < -0.4 is 9.62 Å². The molecular formula is C23H19Cl2F3N2O3S. The topological polar surface area (TPSA) is 66.5 Å². The standard InChI is InChI=1S/C23H19Cl2F3N2O3S/c1-34(32,33)30(14-19-20(24)6-3-7-21(19)25)18-10-8-16(9-11-18)22(31)29-13-15-4-2-5-17(12-15)23(26,27)28/h2-12H,13-14H2,1H3,(H,29,31). The first kappa shape index (κ1) is 25.9. The van der Waals surface area contributed by atoms with Crippen molar-refractivity contribution in [2.75, 3.05) is 10.6 Å². The number of alkyl halides is 3. The van der Waals surface area contributed by atoms with Crippen LogP contribution >= 0.6 is 23.2 Å². The van der Waals surface area contributed by atoms with Crippen LogP contribution in [0.2, 0.25) is 10.0 Å². The third-order valence-corrected chi connectivity index (χ3v) is 6.74. The molecule has 0 saturated heterocycles. The maximum absolute atomic E-state index is 12.9. The van der Waals surface area contributed by atoms with Crippen molar-refractivity contribution in [3.63, 3.8) is 0 Å². The number of sulfonamides is 1. The zero-order valence-electron chi connectivity index (χ0n) is 17.7. The van der Waals surface area contributed by atoms with Gasteiger partial charge >= 0.3 is 6.18 Å². The molecular weight excluding hydrogens is 512 g/mol. The largest absolute Gasteiger partial charge is 0.416 e. The van der Waals surface area contributed by atoms with E-state index >= 15 is 0 Å². The van der Waals surface area contributed by atoms with E-state index in [2.05, 4.69) is 5.32 Å². The van der Waals surface area contributed by atoms with Crippen LogP contribution in [0.15, 0.2) is 66.7 Å². The third kappa shape index (κ3) is 6.43. The zero-order valence-corrected chi connectivity index (χ0v) is 20.1. The highest BCUT2D eigenvalue weighted by molar-refractivity contribution is 7.92. The third-order valence-electron chi connectivity index (χ3n) is 4.89. The lowest BCUT2D eigenvalue weighted by Gasteiger charge is -2.23. The molecule has 1 N–H and O–H groups in total. The summed E-state index contributed by atoms with van der Waals surface area (Å²) in [6.07, 6.45) is -3.44. The van der Waals surface area contributed by atoms with Gasteiger partial charge in [-0.1, -0.05) is 41.4 Å². The molecule has 0 unspecified atom stereocenters. The average Bonchev–Trinajstić information content (AvgIpc) is 2.76. The van der Waals surface area contributed by atoms with Gasteiger partial charge in [-0.2, -0.15) is 13.2 Å². The summed E-state index contributed by atoms with van der Waals surface area (Å²) in [5.41, 5.74) is 0.412. The summed E-state index contributed by atoms with van der Waals surface area (Å²) in [7, 11) is -3.72. The molecule has 5 nitrogen and oxygen atoms in total. The fraction of sp³-hybridized carbons (Fsp3) is 0.174. The van der Waals surface area contributed by atoms with E-state index in [-0.39, 0.29) is 24.3 Å². The molecule has 0 fully saturated rings. The summed E-state index contributed by atoms with van der Waals surface area (Å²) >= 11 is 12.4. The number of halogens is 5. The minimum absolute atomic E-state index is 0.106. The zero-order chi connectivity index (χ0) is 25.1. The molecule has 0 aliphatic heterocycles. The summed E-state index contributed by atoms with van der Waals surface area (Å²) in [6, 6.07) is 15.2. The Balaban J connectivity index is 1.75. The van der Waals surface area contributed by atoms with E-state index in [1.807, 2.05) is 0 Å². The van der Waals surface area contributed by atoms with Crippen molar-refractivity contribution in [1.29, 1.82) is 0 Å². The lowest BCUT2D eigenvalue weighted by Crippen LogP contribution is -2.29. The fourth-order valence-electron chi connectivity index (χ4n) is 3.15. The Morgan fingerprint density at radius 2 is 1.56 bits per heavy atom. The van der Waals surface area contributed by atoms with E-state index in [0.717, 1.165) is 22.7 Å². The van der Waals surface area contributed by atoms with Gasteiger partial charge in [0.05, 0.1) is 24.1 Å². The van der Waals surface area contributed by atoms with Crippen molar-refractivity contribution in [3.8, 4) is 0 Å². The molecule has 0 atom stereocenters. The number of rotatable bonds is 7. The molecule has 0 spiro atoms. The Morgan fingerprint density at radius 1 is 0.971 bits per heavy atom. The number of hydrogen-bond donors (Lipinski definition) is 1. The molecule has 180 valence electrons. The number of amides is 1. The van der Waals surface area contributed by atoms with Crippen LogP contribution in [-0.4, -0.2) is 20.6 Å². The van der Waals surface area contributed by atoms with Crippen LogP contribution in [0.1, 0.15) is 27.0 Å². The predicted octanol–water partition coefficient (Wildman–Crippen LogP) is 5.91. The maximum atomic E-state index is 12.9. The first-order valence-corrected chi connectivity index (χ1v) is 12.4. The van der Waals surface area contributed by atoms with E-state index in [1.54, 1.807) is 18.2 Å². The summed E-state index contributed by atoms with van der Waals surface area (Å²) in [5, 5.41) is 3.18. The van der Waals surface area contributed by atoms with Crippen LogP contribution in [0, 0.1) is 0 Å². The second kappa shape index (κ2) is 10.2. The van der Waals surface area contributed by atoms with Crippen molar-refractivity contribution in [1.82, 2.24) is 5.32 Å². The fourth-order valence-corrected chi connectivity index (χ4v) is 4.53. The van der Waals surface area contributed by atoms with Gasteiger partial charge < -0.3 is 5.32 Å². The highest BCUT2D eigenvalue weighted by atomic mass is 35.5. The Morgan fingerprint density at radius 3 is 2.12 bits per heavy atom. The normalized spacial score (nSPS) is 11.8. The second-order valence-electron chi connectivity index (χ2n) is 7.40. The molecule has 0 bridgehead atoms. The minimum atomic E-state index is -4.48. The molecule has 0 radical (unpaired) electrons. The lowest BCUT2D eigenvalue weighted by atomic mass is 10.1. The average molecular weight is 531 g/mol. The number of benzene rings is 3. The van der Waals surface area contributed by atoms with Crippen molar-refractivity contribution in [2.24, 2.45) is 0 Å². The van der Waals surface area contributed by atoms with Gasteiger partial charge in [0, 0.05) is 27.7 Å². The second-order valence-corrected chi connectivity index (χ2v) is 10.1. The van der Waals surface area contributed by atoms with Gasteiger partial charge in [0.1, 0.15) is 0 Å². The van der Waals surface area contributed by atoms with Gasteiger partial charge in [-0.05, 0) is 54.1 Å². The maximum Gasteiger partial charge on any atom is 0.416 e. The van der Waals surface area contributed by atoms with Gasteiger partial charge in [-0.15, -0.1) is 0 Å². The van der Waals surface area contributed by atoms with Crippen molar-refractivity contribution in [3.05, 3.63) is 99.0 Å². The number of carbonyl (C=O) groups excluding carboxylic acids is 1. The molecule has 34 heavy (non-hydrogen) atoms. The molecule has 1 amide bonds. The molecule has 3 aromatic rings. The summed E-state index contributed by atoms with van der Waals surface area (Å²) in [4.78, 5) is 12.5. The molecule has 0 aliphatic carbocycles. The Kier molecular flexibility index (Phi) is 7.80. The first-order valence-electron chi connectivity index (χ1n) is 9.81. The summed E-state index contributed by atoms with van der Waals surface area (Å²) in [6.45, 7) is -0.219. The van der Waals surface area contributed by atoms with E-state index < -0.39 is 27.7 Å². The van der Waals surface area contributed by atoms with Gasteiger partial charge in [0.2, 0.25) is 10.0 Å². The van der Waals surface area contributed by atoms with Crippen molar-refractivity contribution < 1.29 is 26.4 Å². The van der Waals surface area contributed by atoms with Crippen LogP contribution in [0.3, 0.4) is 0 Å². The number of nitrogens with one attached hydrogen (secondary N) is 1. The van der Waals surface area contributed by atoms with Gasteiger partial charge in [0.25, 0.3) is 5.91 Å². The molecule has 3 aromatic carbocycles. The summed E-state index contributed by atoms with van der Waals surface area (Å²) < 4.78 is 64.5. The monoisotopic (exact) mass is 530 g/mol. The van der Waals surface area contributed by atoms with Gasteiger partial charge in [0.15, 0.2) is 0 Å².